The third kappa shape index (κ3) is 5.37. The second-order valence-corrected chi connectivity index (χ2v) is 7.84. The van der Waals surface area contributed by atoms with Crippen LogP contribution in [0.15, 0.2) is 28.7 Å². The van der Waals surface area contributed by atoms with Crippen molar-refractivity contribution in [2.45, 2.75) is 39.7 Å². The Bertz CT molecular complexity index is 825. The van der Waals surface area contributed by atoms with E-state index in [2.05, 4.69) is 26.5 Å². The number of nitrogens with zero attached hydrogens (tertiary/aromatic N) is 3. The molecule has 1 fully saturated rings. The maximum absolute atomic E-state index is 12.1. The lowest BCUT2D eigenvalue weighted by molar-refractivity contribution is -0.120. The average Bonchev–Trinajstić information content (AvgIpc) is 3.31. The summed E-state index contributed by atoms with van der Waals surface area (Å²) in [5.41, 5.74) is 6.31. The molecule has 1 saturated heterocycles. The molecular formula is C20H26N4O2S. The van der Waals surface area contributed by atoms with E-state index in [1.807, 2.05) is 31.4 Å². The van der Waals surface area contributed by atoms with Crippen molar-refractivity contribution in [3.8, 4) is 5.75 Å². The molecule has 2 heterocycles. The number of aryl methyl sites for hydroxylation is 1. The number of hydrogen-bond acceptors (Lipinski definition) is 6. The number of aromatic nitrogens is 1. The molecule has 3 rings (SSSR count). The number of thiazole rings is 1. The molecule has 0 aliphatic carbocycles. The summed E-state index contributed by atoms with van der Waals surface area (Å²) >= 11 is 1.54. The lowest BCUT2D eigenvalue weighted by Crippen LogP contribution is -2.21. The first-order valence-corrected chi connectivity index (χ1v) is 10.1. The van der Waals surface area contributed by atoms with Gasteiger partial charge < -0.3 is 4.74 Å². The van der Waals surface area contributed by atoms with Crippen LogP contribution in [0, 0.1) is 6.92 Å². The number of carbonyl (C=O) groups is 1. The smallest absolute Gasteiger partial charge is 0.246 e. The summed E-state index contributed by atoms with van der Waals surface area (Å²) in [5, 5.41) is 7.13. The summed E-state index contributed by atoms with van der Waals surface area (Å²) in [6, 6.07) is 6.05. The minimum atomic E-state index is -0.162. The van der Waals surface area contributed by atoms with Gasteiger partial charge in [-0.15, -0.1) is 11.3 Å². The Labute approximate surface area is 164 Å². The van der Waals surface area contributed by atoms with Gasteiger partial charge in [-0.05, 0) is 63.5 Å². The number of benzene rings is 1. The molecule has 0 unspecified atom stereocenters. The number of carbonyl (C=O) groups excluding carboxylic acids is 1. The fourth-order valence-electron chi connectivity index (χ4n) is 3.21. The molecule has 1 aromatic carbocycles. The summed E-state index contributed by atoms with van der Waals surface area (Å²) in [6.45, 7) is 6.96. The monoisotopic (exact) mass is 386 g/mol. The molecule has 1 N–H and O–H groups in total. The van der Waals surface area contributed by atoms with Crippen molar-refractivity contribution in [1.29, 1.82) is 0 Å². The van der Waals surface area contributed by atoms with Gasteiger partial charge in [-0.1, -0.05) is 0 Å². The zero-order valence-corrected chi connectivity index (χ0v) is 16.9. The average molecular weight is 387 g/mol. The summed E-state index contributed by atoms with van der Waals surface area (Å²) in [6.07, 6.45) is 2.75. The zero-order valence-electron chi connectivity index (χ0n) is 16.1. The summed E-state index contributed by atoms with van der Waals surface area (Å²) < 4.78 is 5.51. The van der Waals surface area contributed by atoms with Gasteiger partial charge in [0.25, 0.3) is 0 Å². The molecule has 6 nitrogen and oxygen atoms in total. The van der Waals surface area contributed by atoms with E-state index in [1.54, 1.807) is 18.4 Å². The first-order valence-electron chi connectivity index (χ1n) is 9.19. The van der Waals surface area contributed by atoms with Crippen LogP contribution in [-0.4, -0.2) is 41.7 Å². The highest BCUT2D eigenvalue weighted by Gasteiger charge is 2.15. The lowest BCUT2D eigenvalue weighted by Gasteiger charge is -2.17. The van der Waals surface area contributed by atoms with Crippen molar-refractivity contribution in [1.82, 2.24) is 15.3 Å². The van der Waals surface area contributed by atoms with Gasteiger partial charge in [0.15, 0.2) is 0 Å². The number of hydrazone groups is 1. The van der Waals surface area contributed by atoms with E-state index in [0.29, 0.717) is 0 Å². The quantitative estimate of drug-likeness (QED) is 0.586. The lowest BCUT2D eigenvalue weighted by atomic mass is 10.1. The summed E-state index contributed by atoms with van der Waals surface area (Å²) in [4.78, 5) is 18.8. The maximum Gasteiger partial charge on any atom is 0.246 e. The van der Waals surface area contributed by atoms with Crippen molar-refractivity contribution in [3.63, 3.8) is 0 Å². The third-order valence-corrected chi connectivity index (χ3v) is 5.47. The Morgan fingerprint density at radius 2 is 2.15 bits per heavy atom. The van der Waals surface area contributed by atoms with Crippen LogP contribution in [0.1, 0.15) is 41.6 Å². The Morgan fingerprint density at radius 1 is 1.37 bits per heavy atom. The number of likely N-dealkylation sites (tertiary alicyclic amines) is 1. The van der Waals surface area contributed by atoms with Crippen molar-refractivity contribution in [2.75, 3.05) is 20.2 Å². The van der Waals surface area contributed by atoms with Gasteiger partial charge in [-0.2, -0.15) is 5.10 Å². The van der Waals surface area contributed by atoms with E-state index in [9.17, 15) is 4.79 Å². The molecule has 0 saturated carbocycles. The van der Waals surface area contributed by atoms with Gasteiger partial charge in [0, 0.05) is 17.5 Å². The summed E-state index contributed by atoms with van der Waals surface area (Å²) in [7, 11) is 1.70. The van der Waals surface area contributed by atoms with Gasteiger partial charge in [-0.25, -0.2) is 10.4 Å². The van der Waals surface area contributed by atoms with Gasteiger partial charge in [0.05, 0.1) is 29.9 Å². The van der Waals surface area contributed by atoms with Crippen LogP contribution in [0.25, 0.3) is 0 Å². The Morgan fingerprint density at radius 3 is 2.81 bits per heavy atom. The molecule has 0 radical (unpaired) electrons. The van der Waals surface area contributed by atoms with E-state index in [-0.39, 0.29) is 12.3 Å². The Hall–Kier alpha value is -2.25. The largest absolute Gasteiger partial charge is 0.496 e. The molecule has 0 atom stereocenters. The first kappa shape index (κ1) is 19.5. The number of methoxy groups -OCH3 is 1. The van der Waals surface area contributed by atoms with E-state index < -0.39 is 0 Å². The topological polar surface area (TPSA) is 66.8 Å². The minimum Gasteiger partial charge on any atom is -0.496 e. The number of nitrogens with one attached hydrogen (secondary N) is 1. The predicted molar refractivity (Wildman–Crippen MR) is 108 cm³/mol. The van der Waals surface area contributed by atoms with Crippen LogP contribution in [-0.2, 0) is 17.8 Å². The molecule has 1 aliphatic rings. The molecule has 0 bridgehead atoms. The van der Waals surface area contributed by atoms with Crippen molar-refractivity contribution in [2.24, 2.45) is 5.10 Å². The van der Waals surface area contributed by atoms with Crippen LogP contribution in [0.2, 0.25) is 0 Å². The molecule has 1 aromatic heterocycles. The normalized spacial score (nSPS) is 15.1. The Kier molecular flexibility index (Phi) is 6.58. The molecule has 2 aromatic rings. The van der Waals surface area contributed by atoms with Crippen LogP contribution < -0.4 is 10.2 Å². The first-order chi connectivity index (χ1) is 13.0. The molecule has 27 heavy (non-hydrogen) atoms. The van der Waals surface area contributed by atoms with Gasteiger partial charge in [-0.3, -0.25) is 9.69 Å². The van der Waals surface area contributed by atoms with E-state index >= 15 is 0 Å². The highest BCUT2D eigenvalue weighted by Crippen LogP contribution is 2.23. The molecule has 1 aliphatic heterocycles. The Balaban J connectivity index is 1.66. The van der Waals surface area contributed by atoms with E-state index in [1.165, 1.54) is 12.8 Å². The molecular weight excluding hydrogens is 360 g/mol. The third-order valence-electron chi connectivity index (χ3n) is 4.65. The van der Waals surface area contributed by atoms with Gasteiger partial charge in [0.2, 0.25) is 5.91 Å². The number of rotatable bonds is 7. The molecule has 1 amide bonds. The highest BCUT2D eigenvalue weighted by atomic mass is 32.1. The maximum atomic E-state index is 12.1. The number of hydrogen-bond donors (Lipinski definition) is 1. The zero-order chi connectivity index (χ0) is 19.2. The molecule has 144 valence electrons. The second kappa shape index (κ2) is 9.10. The van der Waals surface area contributed by atoms with Gasteiger partial charge >= 0.3 is 0 Å². The summed E-state index contributed by atoms with van der Waals surface area (Å²) in [5.74, 6) is 0.729. The van der Waals surface area contributed by atoms with Crippen LogP contribution in [0.4, 0.5) is 0 Å². The van der Waals surface area contributed by atoms with Crippen LogP contribution >= 0.6 is 11.3 Å². The van der Waals surface area contributed by atoms with E-state index in [4.69, 9.17) is 4.74 Å². The van der Waals surface area contributed by atoms with Crippen LogP contribution in [0.3, 0.4) is 0 Å². The number of amides is 1. The van der Waals surface area contributed by atoms with Crippen molar-refractivity contribution < 1.29 is 9.53 Å². The molecule has 7 heteroatoms. The standard InChI is InChI=1S/C20H26N4O2S/c1-14(22-23-20(25)11-18-13-27-15(2)21-18)16-6-7-19(26-3)17(10-16)12-24-8-4-5-9-24/h6-7,10,13H,4-5,8-9,11-12H2,1-3H3,(H,23,25)/b22-14-. The SMILES string of the molecule is COc1ccc(/C(C)=N\NC(=O)Cc2csc(C)n2)cc1CN1CCCC1. The fraction of sp³-hybridized carbons (Fsp3) is 0.450. The van der Waals surface area contributed by atoms with E-state index in [0.717, 1.165) is 52.9 Å². The van der Waals surface area contributed by atoms with Crippen LogP contribution in [0.5, 0.6) is 5.75 Å². The van der Waals surface area contributed by atoms with Crippen molar-refractivity contribution >= 4 is 23.0 Å². The number of ether oxygens (including phenoxy) is 1. The van der Waals surface area contributed by atoms with Gasteiger partial charge in [0.1, 0.15) is 5.75 Å². The highest BCUT2D eigenvalue weighted by molar-refractivity contribution is 7.09. The van der Waals surface area contributed by atoms with Crippen molar-refractivity contribution in [3.05, 3.63) is 45.4 Å². The second-order valence-electron chi connectivity index (χ2n) is 6.78. The minimum absolute atomic E-state index is 0.162. The molecule has 0 spiro atoms. The fourth-order valence-corrected chi connectivity index (χ4v) is 3.83. The predicted octanol–water partition coefficient (Wildman–Crippen LogP) is 3.14.